The Balaban J connectivity index is 2.37. The Kier molecular flexibility index (Phi) is 5.13. The largest absolute Gasteiger partial charge is 0.387 e. The predicted molar refractivity (Wildman–Crippen MR) is 67.1 cm³/mol. The summed E-state index contributed by atoms with van der Waals surface area (Å²) < 4.78 is 0. The lowest BCUT2D eigenvalue weighted by molar-refractivity contribution is 0.419. The van der Waals surface area contributed by atoms with Gasteiger partial charge in [0, 0.05) is 12.5 Å². The molecule has 88 valence electrons. The second-order valence-electron chi connectivity index (χ2n) is 5.32. The Morgan fingerprint density at radius 2 is 1.80 bits per heavy atom. The minimum absolute atomic E-state index is 0.582. The minimum atomic E-state index is 0.582. The van der Waals surface area contributed by atoms with Gasteiger partial charge in [-0.2, -0.15) is 0 Å². The molecular formula is C13H26N2. The summed E-state index contributed by atoms with van der Waals surface area (Å²) in [7, 11) is 0. The van der Waals surface area contributed by atoms with E-state index < -0.39 is 0 Å². The number of hydrogen-bond donors (Lipinski definition) is 1. The van der Waals surface area contributed by atoms with Crippen LogP contribution in [-0.2, 0) is 0 Å². The molecule has 1 aliphatic carbocycles. The van der Waals surface area contributed by atoms with Gasteiger partial charge in [0.05, 0.1) is 5.84 Å². The minimum Gasteiger partial charge on any atom is -0.387 e. The lowest BCUT2D eigenvalue weighted by atomic mass is 9.88. The van der Waals surface area contributed by atoms with E-state index in [1.807, 2.05) is 0 Å². The van der Waals surface area contributed by atoms with Crippen LogP contribution in [-0.4, -0.2) is 12.4 Å². The molecule has 1 rings (SSSR count). The van der Waals surface area contributed by atoms with Crippen LogP contribution in [0.25, 0.3) is 0 Å². The topological polar surface area (TPSA) is 38.4 Å². The molecule has 1 aliphatic rings. The zero-order valence-corrected chi connectivity index (χ0v) is 10.5. The first kappa shape index (κ1) is 12.5. The zero-order chi connectivity index (χ0) is 11.3. The van der Waals surface area contributed by atoms with Gasteiger partial charge in [0.15, 0.2) is 0 Å². The Labute approximate surface area is 94.3 Å². The van der Waals surface area contributed by atoms with Crippen molar-refractivity contribution in [2.24, 2.45) is 28.5 Å². The molecule has 0 aromatic rings. The van der Waals surface area contributed by atoms with E-state index in [2.05, 4.69) is 25.8 Å². The fourth-order valence-corrected chi connectivity index (χ4v) is 1.99. The van der Waals surface area contributed by atoms with E-state index in [9.17, 15) is 0 Å². The average Bonchev–Trinajstić information content (AvgIpc) is 2.26. The van der Waals surface area contributed by atoms with Gasteiger partial charge in [-0.25, -0.2) is 0 Å². The molecule has 2 nitrogen and oxygen atoms in total. The molecule has 1 fully saturated rings. The third kappa shape index (κ3) is 4.23. The van der Waals surface area contributed by atoms with Crippen LogP contribution in [0, 0.1) is 17.8 Å². The fourth-order valence-electron chi connectivity index (χ4n) is 1.99. The maximum atomic E-state index is 6.05. The maximum absolute atomic E-state index is 6.05. The SMILES string of the molecule is CC(C)C(C)CN=C(N)C1CCCCC1. The monoisotopic (exact) mass is 210 g/mol. The molecule has 0 aromatic heterocycles. The highest BCUT2D eigenvalue weighted by atomic mass is 14.9. The van der Waals surface area contributed by atoms with Crippen molar-refractivity contribution >= 4 is 5.84 Å². The van der Waals surface area contributed by atoms with E-state index in [-0.39, 0.29) is 0 Å². The number of amidine groups is 1. The van der Waals surface area contributed by atoms with E-state index >= 15 is 0 Å². The lowest BCUT2D eigenvalue weighted by Gasteiger charge is -2.21. The van der Waals surface area contributed by atoms with Gasteiger partial charge in [0.2, 0.25) is 0 Å². The molecule has 2 N–H and O–H groups in total. The summed E-state index contributed by atoms with van der Waals surface area (Å²) in [5.74, 6) is 2.85. The normalized spacial score (nSPS) is 22.0. The van der Waals surface area contributed by atoms with Crippen LogP contribution in [0.3, 0.4) is 0 Å². The van der Waals surface area contributed by atoms with Crippen LogP contribution in [0.15, 0.2) is 4.99 Å². The van der Waals surface area contributed by atoms with Crippen molar-refractivity contribution in [3.8, 4) is 0 Å². The number of aliphatic imine (C=N–C) groups is 1. The van der Waals surface area contributed by atoms with Crippen LogP contribution in [0.5, 0.6) is 0 Å². The van der Waals surface area contributed by atoms with Crippen LogP contribution in [0.2, 0.25) is 0 Å². The Morgan fingerprint density at radius 1 is 1.20 bits per heavy atom. The fraction of sp³-hybridized carbons (Fsp3) is 0.923. The summed E-state index contributed by atoms with van der Waals surface area (Å²) in [5.41, 5.74) is 6.05. The molecule has 0 aromatic carbocycles. The molecule has 2 heteroatoms. The van der Waals surface area contributed by atoms with Crippen LogP contribution in [0.1, 0.15) is 52.9 Å². The molecule has 0 heterocycles. The summed E-state index contributed by atoms with van der Waals surface area (Å²) >= 11 is 0. The van der Waals surface area contributed by atoms with Gasteiger partial charge >= 0.3 is 0 Å². The lowest BCUT2D eigenvalue weighted by Crippen LogP contribution is -2.27. The summed E-state index contributed by atoms with van der Waals surface area (Å²) in [6.45, 7) is 7.65. The van der Waals surface area contributed by atoms with Gasteiger partial charge in [-0.05, 0) is 24.7 Å². The molecule has 15 heavy (non-hydrogen) atoms. The second kappa shape index (κ2) is 6.14. The number of rotatable bonds is 4. The summed E-state index contributed by atoms with van der Waals surface area (Å²) in [6.07, 6.45) is 6.56. The molecular weight excluding hydrogens is 184 g/mol. The van der Waals surface area contributed by atoms with E-state index in [0.717, 1.165) is 12.4 Å². The molecule has 0 bridgehead atoms. The van der Waals surface area contributed by atoms with Gasteiger partial charge in [-0.3, -0.25) is 4.99 Å². The van der Waals surface area contributed by atoms with Crippen molar-refractivity contribution in [3.63, 3.8) is 0 Å². The van der Waals surface area contributed by atoms with Crippen molar-refractivity contribution in [1.82, 2.24) is 0 Å². The maximum Gasteiger partial charge on any atom is 0.0968 e. The average molecular weight is 210 g/mol. The first-order valence-corrected chi connectivity index (χ1v) is 6.41. The van der Waals surface area contributed by atoms with Crippen LogP contribution < -0.4 is 5.73 Å². The molecule has 0 amide bonds. The van der Waals surface area contributed by atoms with E-state index in [0.29, 0.717) is 17.8 Å². The van der Waals surface area contributed by atoms with Gasteiger partial charge < -0.3 is 5.73 Å². The summed E-state index contributed by atoms with van der Waals surface area (Å²) in [4.78, 5) is 4.56. The summed E-state index contributed by atoms with van der Waals surface area (Å²) in [6, 6.07) is 0. The highest BCUT2D eigenvalue weighted by Crippen LogP contribution is 2.23. The summed E-state index contributed by atoms with van der Waals surface area (Å²) in [5, 5.41) is 0. The van der Waals surface area contributed by atoms with Gasteiger partial charge in [-0.15, -0.1) is 0 Å². The predicted octanol–water partition coefficient (Wildman–Crippen LogP) is 3.22. The second-order valence-corrected chi connectivity index (χ2v) is 5.32. The molecule has 1 saturated carbocycles. The van der Waals surface area contributed by atoms with Crippen molar-refractivity contribution in [2.45, 2.75) is 52.9 Å². The molecule has 0 aliphatic heterocycles. The van der Waals surface area contributed by atoms with Crippen molar-refractivity contribution in [2.75, 3.05) is 6.54 Å². The Morgan fingerprint density at radius 3 is 2.33 bits per heavy atom. The Bertz CT molecular complexity index is 203. The zero-order valence-electron chi connectivity index (χ0n) is 10.5. The van der Waals surface area contributed by atoms with Crippen molar-refractivity contribution in [1.29, 1.82) is 0 Å². The number of nitrogens with zero attached hydrogens (tertiary/aromatic N) is 1. The number of hydrogen-bond acceptors (Lipinski definition) is 1. The first-order valence-electron chi connectivity index (χ1n) is 6.41. The van der Waals surface area contributed by atoms with Gasteiger partial charge in [-0.1, -0.05) is 40.0 Å². The van der Waals surface area contributed by atoms with Crippen molar-refractivity contribution in [3.05, 3.63) is 0 Å². The van der Waals surface area contributed by atoms with Crippen LogP contribution >= 0.6 is 0 Å². The molecule has 0 spiro atoms. The molecule has 1 atom stereocenters. The first-order chi connectivity index (χ1) is 7.11. The smallest absolute Gasteiger partial charge is 0.0968 e. The van der Waals surface area contributed by atoms with Crippen LogP contribution in [0.4, 0.5) is 0 Å². The van der Waals surface area contributed by atoms with Gasteiger partial charge in [0.25, 0.3) is 0 Å². The Hall–Kier alpha value is -0.530. The molecule has 0 saturated heterocycles. The highest BCUT2D eigenvalue weighted by molar-refractivity contribution is 5.82. The van der Waals surface area contributed by atoms with Gasteiger partial charge in [0.1, 0.15) is 0 Å². The third-order valence-electron chi connectivity index (χ3n) is 3.72. The quantitative estimate of drug-likeness (QED) is 0.561. The van der Waals surface area contributed by atoms with E-state index in [1.165, 1.54) is 32.1 Å². The number of nitrogens with two attached hydrogens (primary N) is 1. The van der Waals surface area contributed by atoms with E-state index in [1.54, 1.807) is 0 Å². The van der Waals surface area contributed by atoms with E-state index in [4.69, 9.17) is 5.73 Å². The standard InChI is InChI=1S/C13H26N2/c1-10(2)11(3)9-15-13(14)12-7-5-4-6-8-12/h10-12H,4-9H2,1-3H3,(H2,14,15). The molecule has 1 unspecified atom stereocenters. The third-order valence-corrected chi connectivity index (χ3v) is 3.72. The highest BCUT2D eigenvalue weighted by Gasteiger charge is 2.17. The molecule has 0 radical (unpaired) electrons. The van der Waals surface area contributed by atoms with Crippen molar-refractivity contribution < 1.29 is 0 Å².